The van der Waals surface area contributed by atoms with Crippen molar-refractivity contribution in [3.63, 3.8) is 0 Å². The third-order valence-electron chi connectivity index (χ3n) is 10.7. The molecule has 1 rings (SSSR count). The van der Waals surface area contributed by atoms with Crippen LogP contribution in [-0.2, 0) is 32.7 Å². The lowest BCUT2D eigenvalue weighted by atomic mass is 9.89. The van der Waals surface area contributed by atoms with Crippen LogP contribution in [0.4, 0.5) is 0 Å². The minimum absolute atomic E-state index is 0.00838. The predicted molar refractivity (Wildman–Crippen MR) is 235 cm³/mol. The second-order valence-electron chi connectivity index (χ2n) is 17.4. The van der Waals surface area contributed by atoms with E-state index >= 15 is 0 Å². The lowest BCUT2D eigenvalue weighted by Crippen LogP contribution is -2.37. The molecular weight excluding hydrogens is 773 g/mol. The zero-order valence-corrected chi connectivity index (χ0v) is 38.5. The van der Waals surface area contributed by atoms with E-state index < -0.39 is 50.8 Å². The van der Waals surface area contributed by atoms with Gasteiger partial charge in [-0.2, -0.15) is 0 Å². The van der Waals surface area contributed by atoms with E-state index in [2.05, 4.69) is 26.0 Å². The number of phosphoric acid groups is 1. The topological polar surface area (TPSA) is 169 Å². The molecule has 0 spiro atoms. The highest BCUT2D eigenvalue weighted by Crippen LogP contribution is 2.43. The summed E-state index contributed by atoms with van der Waals surface area (Å²) in [6.45, 7) is 4.02. The molecule has 1 fully saturated rings. The molecule has 1 aliphatic rings. The number of aliphatic hydroxyl groups is 3. The van der Waals surface area contributed by atoms with Crippen molar-refractivity contribution in [3.8, 4) is 0 Å². The monoisotopic (exact) mass is 859 g/mol. The first-order chi connectivity index (χ1) is 28.2. The van der Waals surface area contributed by atoms with Crippen molar-refractivity contribution >= 4 is 19.8 Å². The zero-order valence-electron chi connectivity index (χ0n) is 37.6. The van der Waals surface area contributed by atoms with Crippen LogP contribution in [0, 0.1) is 11.8 Å². The number of rotatable bonds is 37. The SMILES string of the molecule is CCCCCC/C=C\CCCCCCCCCC(=O)O[C@H](COC(=O)CCC/C=C/C[C@@H]1[C@@H](/C=C/[C@@H](O)CCCCC)[C@H](O)C[C@@H]1O)COP(=O)(O)OCC[N+](C)(C)C. The van der Waals surface area contributed by atoms with E-state index in [0.29, 0.717) is 49.6 Å². The van der Waals surface area contributed by atoms with Crippen molar-refractivity contribution in [3.05, 3.63) is 36.5 Å². The number of esters is 2. The van der Waals surface area contributed by atoms with Gasteiger partial charge < -0.3 is 34.2 Å². The molecule has 0 saturated heterocycles. The third kappa shape index (κ3) is 30.7. The van der Waals surface area contributed by atoms with Gasteiger partial charge in [0, 0.05) is 25.2 Å². The number of quaternary nitrogens is 1. The van der Waals surface area contributed by atoms with Crippen LogP contribution in [0.3, 0.4) is 0 Å². The first-order valence-electron chi connectivity index (χ1n) is 23.0. The highest BCUT2D eigenvalue weighted by Gasteiger charge is 2.39. The number of unbranched alkanes of at least 4 members (excludes halogenated alkanes) is 14. The second-order valence-corrected chi connectivity index (χ2v) is 18.9. The number of hydrogen-bond donors (Lipinski definition) is 4. The van der Waals surface area contributed by atoms with Crippen molar-refractivity contribution in [1.82, 2.24) is 0 Å². The number of ether oxygens (including phenoxy) is 2. The van der Waals surface area contributed by atoms with Gasteiger partial charge in [-0.25, -0.2) is 4.57 Å². The van der Waals surface area contributed by atoms with Gasteiger partial charge >= 0.3 is 19.8 Å². The largest absolute Gasteiger partial charge is 0.472 e. The molecule has 4 N–H and O–H groups in total. The molecule has 12 nitrogen and oxygen atoms in total. The van der Waals surface area contributed by atoms with E-state index in [1.165, 1.54) is 51.4 Å². The standard InChI is InChI=1S/C46H84NO11P/c1-6-8-10-11-12-13-14-15-16-17-18-19-20-21-27-31-46(52)58-40(38-57-59(53,54)56-35-34-47(3,4)5)37-55-45(51)30-26-23-22-25-29-41-42(44(50)36-43(41)49)33-32-39(48)28-24-9-7-2/h13-14,22,25,32-33,39-44,48-50H,6-12,15-21,23-24,26-31,34-38H2,1-5H3/p+1/b14-13-,25-22+,33-32+/t39-,40+,41+,42+,43-,44+/m0/s1. The molecule has 0 heterocycles. The van der Waals surface area contributed by atoms with Crippen LogP contribution in [0.5, 0.6) is 0 Å². The summed E-state index contributed by atoms with van der Waals surface area (Å²) in [7, 11) is 1.34. The van der Waals surface area contributed by atoms with E-state index in [9.17, 15) is 34.4 Å². The number of allylic oxidation sites excluding steroid dienone is 4. The van der Waals surface area contributed by atoms with Crippen LogP contribution in [0.25, 0.3) is 0 Å². The molecule has 344 valence electrons. The summed E-state index contributed by atoms with van der Waals surface area (Å²) >= 11 is 0. The Morgan fingerprint density at radius 2 is 1.31 bits per heavy atom. The molecule has 0 aliphatic heterocycles. The van der Waals surface area contributed by atoms with Gasteiger partial charge in [0.15, 0.2) is 6.10 Å². The number of carbonyl (C=O) groups excluding carboxylic acids is 2. The van der Waals surface area contributed by atoms with Crippen molar-refractivity contribution < 1.29 is 57.4 Å². The van der Waals surface area contributed by atoms with Crippen molar-refractivity contribution in [1.29, 1.82) is 0 Å². The van der Waals surface area contributed by atoms with Crippen LogP contribution in [0.2, 0.25) is 0 Å². The first kappa shape index (κ1) is 55.1. The normalized spacial score (nSPS) is 20.8. The van der Waals surface area contributed by atoms with E-state index in [0.717, 1.165) is 44.9 Å². The summed E-state index contributed by atoms with van der Waals surface area (Å²) in [6.07, 6.45) is 30.0. The first-order valence-corrected chi connectivity index (χ1v) is 24.5. The average Bonchev–Trinajstić information content (AvgIpc) is 3.44. The minimum Gasteiger partial charge on any atom is -0.462 e. The van der Waals surface area contributed by atoms with E-state index in [1.807, 2.05) is 39.4 Å². The summed E-state index contributed by atoms with van der Waals surface area (Å²) in [5, 5.41) is 31.3. The Morgan fingerprint density at radius 1 is 0.729 bits per heavy atom. The Morgan fingerprint density at radius 3 is 1.97 bits per heavy atom. The van der Waals surface area contributed by atoms with Crippen molar-refractivity contribution in [2.45, 2.75) is 186 Å². The highest BCUT2D eigenvalue weighted by molar-refractivity contribution is 7.47. The molecule has 1 saturated carbocycles. The number of aliphatic hydroxyl groups excluding tert-OH is 3. The number of carbonyl (C=O) groups is 2. The fraction of sp³-hybridized carbons (Fsp3) is 0.826. The smallest absolute Gasteiger partial charge is 0.462 e. The average molecular weight is 859 g/mol. The summed E-state index contributed by atoms with van der Waals surface area (Å²) in [4.78, 5) is 35.6. The fourth-order valence-corrected chi connectivity index (χ4v) is 7.74. The molecule has 0 radical (unpaired) electrons. The van der Waals surface area contributed by atoms with Crippen LogP contribution < -0.4 is 0 Å². The van der Waals surface area contributed by atoms with Gasteiger partial charge in [0.2, 0.25) is 0 Å². The van der Waals surface area contributed by atoms with E-state index in [1.54, 1.807) is 6.08 Å². The molecular formula is C46H85NO11P+. The second kappa shape index (κ2) is 33.7. The molecule has 0 bridgehead atoms. The molecule has 1 unspecified atom stereocenters. The molecule has 7 atom stereocenters. The number of phosphoric ester groups is 1. The van der Waals surface area contributed by atoms with Gasteiger partial charge in [0.25, 0.3) is 0 Å². The van der Waals surface area contributed by atoms with E-state index in [4.69, 9.17) is 18.5 Å². The number of likely N-dealkylation sites (N-methyl/N-ethyl adjacent to an activating group) is 1. The summed E-state index contributed by atoms with van der Waals surface area (Å²) in [5.41, 5.74) is 0. The third-order valence-corrected chi connectivity index (χ3v) is 11.7. The summed E-state index contributed by atoms with van der Waals surface area (Å²) in [5.74, 6) is -1.39. The predicted octanol–water partition coefficient (Wildman–Crippen LogP) is 9.29. The Balaban J connectivity index is 2.49. The number of hydrogen-bond acceptors (Lipinski definition) is 10. The van der Waals surface area contributed by atoms with Crippen molar-refractivity contribution in [2.75, 3.05) is 47.5 Å². The van der Waals surface area contributed by atoms with E-state index in [-0.39, 0.29) is 37.9 Å². The van der Waals surface area contributed by atoms with Crippen LogP contribution in [0.15, 0.2) is 36.5 Å². The van der Waals surface area contributed by atoms with Gasteiger partial charge in [-0.05, 0) is 63.7 Å². The zero-order chi connectivity index (χ0) is 43.8. The Kier molecular flexibility index (Phi) is 31.5. The quantitative estimate of drug-likeness (QED) is 0.0154. The van der Waals surface area contributed by atoms with Crippen LogP contribution >= 0.6 is 7.82 Å². The number of nitrogens with zero attached hydrogens (tertiary/aromatic N) is 1. The Bertz CT molecular complexity index is 1220. The highest BCUT2D eigenvalue weighted by atomic mass is 31.2. The molecule has 13 heteroatoms. The molecule has 0 amide bonds. The van der Waals surface area contributed by atoms with Gasteiger partial charge in [-0.15, -0.1) is 0 Å². The van der Waals surface area contributed by atoms with Gasteiger partial charge in [-0.1, -0.05) is 121 Å². The molecule has 0 aromatic heterocycles. The molecule has 0 aromatic rings. The Hall–Kier alpha value is -1.89. The fourth-order valence-electron chi connectivity index (χ4n) is 7.00. The van der Waals surface area contributed by atoms with Gasteiger partial charge in [0.05, 0.1) is 46.1 Å². The van der Waals surface area contributed by atoms with Crippen molar-refractivity contribution in [2.24, 2.45) is 11.8 Å². The van der Waals surface area contributed by atoms with Gasteiger partial charge in [-0.3, -0.25) is 18.6 Å². The van der Waals surface area contributed by atoms with Crippen LogP contribution in [-0.4, -0.2) is 109 Å². The minimum atomic E-state index is -4.44. The maximum absolute atomic E-state index is 12.7. The lowest BCUT2D eigenvalue weighted by Gasteiger charge is -2.24. The van der Waals surface area contributed by atoms with Crippen LogP contribution in [0.1, 0.15) is 162 Å². The molecule has 59 heavy (non-hydrogen) atoms. The Labute approximate surface area is 358 Å². The molecule has 0 aromatic carbocycles. The summed E-state index contributed by atoms with van der Waals surface area (Å²) < 4.78 is 34.3. The summed E-state index contributed by atoms with van der Waals surface area (Å²) in [6, 6.07) is 0. The maximum Gasteiger partial charge on any atom is 0.472 e. The lowest BCUT2D eigenvalue weighted by molar-refractivity contribution is -0.870. The van der Waals surface area contributed by atoms with Gasteiger partial charge in [0.1, 0.15) is 19.8 Å². The molecule has 1 aliphatic carbocycles. The maximum atomic E-state index is 12.7.